The molecule has 29 heavy (non-hydrogen) atoms. The standard InChI is InChI=1S/C23H30N2O4/c1-5-15-14-24(11-10-21(27-2)28-3)19-13-17(15)22(23(26)29-4)25-18-9-7-6-8-16(18)12-20(19)25/h5-9,12,17,19,21-22H,10-11,13-14H2,1-4H3/b15-5-/t17-,19-,22-/m0/s1. The summed E-state index contributed by atoms with van der Waals surface area (Å²) in [4.78, 5) is 15.4. The Morgan fingerprint density at radius 2 is 2.00 bits per heavy atom. The molecule has 0 saturated carbocycles. The quantitative estimate of drug-likeness (QED) is 0.422. The van der Waals surface area contributed by atoms with Crippen LogP contribution in [0.5, 0.6) is 0 Å². The molecule has 2 bridgehead atoms. The number of para-hydroxylation sites is 1. The van der Waals surface area contributed by atoms with Crippen molar-refractivity contribution in [2.24, 2.45) is 5.92 Å². The number of allylic oxidation sites excluding steroid dienone is 1. The summed E-state index contributed by atoms with van der Waals surface area (Å²) in [5.41, 5.74) is 3.59. The molecule has 1 fully saturated rings. The van der Waals surface area contributed by atoms with Gasteiger partial charge in [0.15, 0.2) is 6.29 Å². The Hall–Kier alpha value is -2.15. The summed E-state index contributed by atoms with van der Waals surface area (Å²) in [6, 6.07) is 10.5. The van der Waals surface area contributed by atoms with Gasteiger partial charge < -0.3 is 18.8 Å². The van der Waals surface area contributed by atoms with Gasteiger partial charge in [-0.25, -0.2) is 4.79 Å². The fourth-order valence-corrected chi connectivity index (χ4v) is 5.12. The number of ether oxygens (including phenoxy) is 3. The number of nitrogens with zero attached hydrogens (tertiary/aromatic N) is 2. The third-order valence-electron chi connectivity index (χ3n) is 6.55. The summed E-state index contributed by atoms with van der Waals surface area (Å²) >= 11 is 0. The number of benzene rings is 1. The Bertz CT molecular complexity index is 915. The highest BCUT2D eigenvalue weighted by atomic mass is 16.7. The van der Waals surface area contributed by atoms with Gasteiger partial charge in [-0.3, -0.25) is 4.90 Å². The fourth-order valence-electron chi connectivity index (χ4n) is 5.12. The molecule has 1 aromatic carbocycles. The number of methoxy groups -OCH3 is 3. The van der Waals surface area contributed by atoms with Crippen LogP contribution in [0.2, 0.25) is 0 Å². The van der Waals surface area contributed by atoms with Gasteiger partial charge in [0.05, 0.1) is 13.2 Å². The van der Waals surface area contributed by atoms with Gasteiger partial charge in [0, 0.05) is 50.9 Å². The molecule has 2 aliphatic rings. The summed E-state index contributed by atoms with van der Waals surface area (Å²) in [6.07, 6.45) is 3.68. The summed E-state index contributed by atoms with van der Waals surface area (Å²) in [5, 5.41) is 1.16. The van der Waals surface area contributed by atoms with Crippen LogP contribution in [-0.4, -0.2) is 56.1 Å². The van der Waals surface area contributed by atoms with E-state index < -0.39 is 0 Å². The summed E-state index contributed by atoms with van der Waals surface area (Å²) in [6.45, 7) is 3.78. The molecule has 0 spiro atoms. The number of rotatable bonds is 6. The summed E-state index contributed by atoms with van der Waals surface area (Å²) in [5.74, 6) is -0.0136. The van der Waals surface area contributed by atoms with Gasteiger partial charge in [-0.2, -0.15) is 0 Å². The lowest BCUT2D eigenvalue weighted by atomic mass is 9.77. The molecule has 0 N–H and O–H groups in total. The van der Waals surface area contributed by atoms with Crippen molar-refractivity contribution in [1.29, 1.82) is 0 Å². The minimum Gasteiger partial charge on any atom is -0.467 e. The van der Waals surface area contributed by atoms with E-state index in [2.05, 4.69) is 40.7 Å². The lowest BCUT2D eigenvalue weighted by molar-refractivity contribution is -0.147. The predicted octanol–water partition coefficient (Wildman–Crippen LogP) is 3.69. The maximum Gasteiger partial charge on any atom is 0.329 e. The van der Waals surface area contributed by atoms with E-state index in [4.69, 9.17) is 14.2 Å². The van der Waals surface area contributed by atoms with Crippen molar-refractivity contribution in [3.8, 4) is 0 Å². The van der Waals surface area contributed by atoms with Crippen molar-refractivity contribution in [1.82, 2.24) is 9.47 Å². The van der Waals surface area contributed by atoms with E-state index in [9.17, 15) is 4.79 Å². The number of hydrogen-bond acceptors (Lipinski definition) is 5. The largest absolute Gasteiger partial charge is 0.467 e. The fraction of sp³-hybridized carbons (Fsp3) is 0.522. The molecule has 0 radical (unpaired) electrons. The highest BCUT2D eigenvalue weighted by Gasteiger charge is 2.47. The molecule has 6 heteroatoms. The number of carbonyl (C=O) groups excluding carboxylic acids is 1. The first-order chi connectivity index (χ1) is 14.1. The maximum absolute atomic E-state index is 12.9. The van der Waals surface area contributed by atoms with Crippen LogP contribution in [0.25, 0.3) is 10.9 Å². The number of aromatic nitrogens is 1. The minimum absolute atomic E-state index is 0.151. The van der Waals surface area contributed by atoms with E-state index in [1.165, 1.54) is 18.4 Å². The Balaban J connectivity index is 1.79. The first-order valence-corrected chi connectivity index (χ1v) is 10.2. The molecule has 156 valence electrons. The molecule has 6 nitrogen and oxygen atoms in total. The predicted molar refractivity (Wildman–Crippen MR) is 112 cm³/mol. The highest BCUT2D eigenvalue weighted by Crippen LogP contribution is 2.49. The molecule has 3 atom stereocenters. The van der Waals surface area contributed by atoms with Gasteiger partial charge >= 0.3 is 5.97 Å². The van der Waals surface area contributed by atoms with Crippen LogP contribution in [0.3, 0.4) is 0 Å². The first-order valence-electron chi connectivity index (χ1n) is 10.2. The van der Waals surface area contributed by atoms with Crippen LogP contribution in [0, 0.1) is 5.92 Å². The SMILES string of the molecule is C/C=C1/CN(CCC(OC)OC)[C@H]2C[C@@H]1[C@@H](C(=O)OC)n1c2cc2ccccc21. The average molecular weight is 399 g/mol. The number of fused-ring (bicyclic) bond motifs is 6. The number of esters is 1. The molecular weight excluding hydrogens is 368 g/mol. The molecule has 1 aromatic heterocycles. The van der Waals surface area contributed by atoms with Crippen LogP contribution < -0.4 is 0 Å². The maximum atomic E-state index is 12.9. The van der Waals surface area contributed by atoms with Gasteiger partial charge in [0.1, 0.15) is 6.04 Å². The normalized spacial score (nSPS) is 25.6. The topological polar surface area (TPSA) is 52.9 Å². The molecule has 1 saturated heterocycles. The zero-order valence-electron chi connectivity index (χ0n) is 17.6. The zero-order valence-corrected chi connectivity index (χ0v) is 17.6. The number of piperidine rings is 1. The zero-order chi connectivity index (χ0) is 20.5. The van der Waals surface area contributed by atoms with E-state index in [0.29, 0.717) is 0 Å². The molecule has 0 unspecified atom stereocenters. The molecule has 2 aromatic rings. The van der Waals surface area contributed by atoms with Crippen molar-refractivity contribution in [2.45, 2.75) is 38.1 Å². The second kappa shape index (κ2) is 8.30. The van der Waals surface area contributed by atoms with Crippen LogP contribution >= 0.6 is 0 Å². The van der Waals surface area contributed by atoms with Crippen molar-refractivity contribution in [2.75, 3.05) is 34.4 Å². The first kappa shape index (κ1) is 20.1. The molecule has 0 aliphatic carbocycles. The highest BCUT2D eigenvalue weighted by molar-refractivity contribution is 5.85. The number of hydrogen-bond donors (Lipinski definition) is 0. The van der Waals surface area contributed by atoms with Crippen molar-refractivity contribution >= 4 is 16.9 Å². The second-order valence-electron chi connectivity index (χ2n) is 7.85. The molecule has 0 amide bonds. The Morgan fingerprint density at radius 1 is 1.24 bits per heavy atom. The number of likely N-dealkylation sites (tertiary alicyclic amines) is 1. The van der Waals surface area contributed by atoms with Crippen molar-refractivity contribution in [3.63, 3.8) is 0 Å². The van der Waals surface area contributed by atoms with Crippen LogP contribution in [0.15, 0.2) is 42.0 Å². The van der Waals surface area contributed by atoms with E-state index in [1.807, 2.05) is 12.1 Å². The smallest absolute Gasteiger partial charge is 0.329 e. The van der Waals surface area contributed by atoms with E-state index in [-0.39, 0.29) is 30.3 Å². The summed E-state index contributed by atoms with van der Waals surface area (Å²) in [7, 11) is 4.84. The van der Waals surface area contributed by atoms with Gasteiger partial charge in [-0.15, -0.1) is 0 Å². The van der Waals surface area contributed by atoms with Gasteiger partial charge in [-0.05, 0) is 30.9 Å². The Labute approximate surface area is 172 Å². The van der Waals surface area contributed by atoms with Gasteiger partial charge in [-0.1, -0.05) is 29.8 Å². The van der Waals surface area contributed by atoms with Gasteiger partial charge in [0.25, 0.3) is 0 Å². The van der Waals surface area contributed by atoms with Crippen molar-refractivity contribution < 1.29 is 19.0 Å². The second-order valence-corrected chi connectivity index (χ2v) is 7.85. The van der Waals surface area contributed by atoms with E-state index in [1.54, 1.807) is 14.2 Å². The Morgan fingerprint density at radius 3 is 2.69 bits per heavy atom. The third kappa shape index (κ3) is 3.39. The summed E-state index contributed by atoms with van der Waals surface area (Å²) < 4.78 is 18.3. The lowest BCUT2D eigenvalue weighted by Crippen LogP contribution is -2.48. The van der Waals surface area contributed by atoms with Crippen LogP contribution in [-0.2, 0) is 19.0 Å². The minimum atomic E-state index is -0.315. The third-order valence-corrected chi connectivity index (χ3v) is 6.55. The molecule has 2 aliphatic heterocycles. The monoisotopic (exact) mass is 398 g/mol. The van der Waals surface area contributed by atoms with E-state index in [0.717, 1.165) is 36.8 Å². The Kier molecular flexibility index (Phi) is 5.76. The molecule has 3 heterocycles. The van der Waals surface area contributed by atoms with Crippen molar-refractivity contribution in [3.05, 3.63) is 47.7 Å². The molecular formula is C23H30N2O4. The van der Waals surface area contributed by atoms with E-state index >= 15 is 0 Å². The van der Waals surface area contributed by atoms with Gasteiger partial charge in [0.2, 0.25) is 0 Å². The number of carbonyl (C=O) groups is 1. The lowest BCUT2D eigenvalue weighted by Gasteiger charge is -2.48. The van der Waals surface area contributed by atoms with Crippen LogP contribution in [0.1, 0.15) is 37.5 Å². The van der Waals surface area contributed by atoms with Crippen LogP contribution in [0.4, 0.5) is 0 Å². The molecule has 4 rings (SSSR count). The average Bonchev–Trinajstić information content (AvgIpc) is 3.14.